The van der Waals surface area contributed by atoms with Gasteiger partial charge in [0.25, 0.3) is 0 Å². The Balaban J connectivity index is 2.00. The molecule has 5 nitrogen and oxygen atoms in total. The molecular formula is C20H23N3O2. The van der Waals surface area contributed by atoms with Gasteiger partial charge in [-0.25, -0.2) is 0 Å². The second-order valence-electron chi connectivity index (χ2n) is 6.18. The molecule has 1 aliphatic heterocycles. The molecule has 25 heavy (non-hydrogen) atoms. The van der Waals surface area contributed by atoms with Crippen LogP contribution in [0.3, 0.4) is 0 Å². The minimum Gasteiger partial charge on any atom is -0.310 e. The Morgan fingerprint density at radius 3 is 2.52 bits per heavy atom. The number of rotatable bonds is 5. The molecule has 0 bridgehead atoms. The van der Waals surface area contributed by atoms with Gasteiger partial charge in [-0.3, -0.25) is 20.0 Å². The van der Waals surface area contributed by atoms with Crippen LogP contribution < -0.4 is 15.8 Å². The number of aryl methyl sites for hydroxylation is 2. The van der Waals surface area contributed by atoms with Crippen LogP contribution in [-0.4, -0.2) is 24.8 Å². The van der Waals surface area contributed by atoms with Crippen LogP contribution in [0.15, 0.2) is 42.5 Å². The minimum absolute atomic E-state index is 0.0810. The maximum atomic E-state index is 12.3. The summed E-state index contributed by atoms with van der Waals surface area (Å²) >= 11 is 0. The smallest absolute Gasteiger partial charge is 0.235 e. The van der Waals surface area contributed by atoms with Crippen molar-refractivity contribution in [1.82, 2.24) is 10.7 Å². The highest BCUT2D eigenvalue weighted by molar-refractivity contribution is 5.98. The van der Waals surface area contributed by atoms with Crippen LogP contribution in [0.2, 0.25) is 0 Å². The van der Waals surface area contributed by atoms with Crippen molar-refractivity contribution < 1.29 is 9.59 Å². The van der Waals surface area contributed by atoms with E-state index in [-0.39, 0.29) is 11.7 Å². The summed E-state index contributed by atoms with van der Waals surface area (Å²) < 4.78 is 0. The molecule has 5 heteroatoms. The number of fused-ring (bicyclic) bond motifs is 2. The van der Waals surface area contributed by atoms with E-state index in [0.717, 1.165) is 36.3 Å². The first-order chi connectivity index (χ1) is 12.1. The number of hydrogen-bond donors (Lipinski definition) is 2. The SMILES string of the molecule is CCNCC(=O)c1ccc2c(c1)CCc1ccccc1N2NC(C)=O. The predicted molar refractivity (Wildman–Crippen MR) is 99.1 cm³/mol. The lowest BCUT2D eigenvalue weighted by atomic mass is 10.0. The zero-order valence-corrected chi connectivity index (χ0v) is 14.6. The van der Waals surface area contributed by atoms with Crippen molar-refractivity contribution in [3.8, 4) is 0 Å². The van der Waals surface area contributed by atoms with E-state index in [4.69, 9.17) is 0 Å². The van der Waals surface area contributed by atoms with Crippen molar-refractivity contribution in [1.29, 1.82) is 0 Å². The number of carbonyl (C=O) groups excluding carboxylic acids is 2. The number of amides is 1. The van der Waals surface area contributed by atoms with Crippen molar-refractivity contribution in [2.75, 3.05) is 18.1 Å². The molecule has 1 aliphatic rings. The van der Waals surface area contributed by atoms with E-state index in [1.54, 1.807) is 0 Å². The molecule has 1 heterocycles. The zero-order chi connectivity index (χ0) is 17.8. The molecule has 130 valence electrons. The molecule has 3 rings (SSSR count). The van der Waals surface area contributed by atoms with Crippen LogP contribution in [0, 0.1) is 0 Å². The van der Waals surface area contributed by atoms with Gasteiger partial charge in [0.2, 0.25) is 5.91 Å². The van der Waals surface area contributed by atoms with E-state index in [9.17, 15) is 9.59 Å². The molecule has 0 radical (unpaired) electrons. The number of hydrogen-bond acceptors (Lipinski definition) is 4. The van der Waals surface area contributed by atoms with Crippen molar-refractivity contribution >= 4 is 23.1 Å². The normalized spacial score (nSPS) is 12.8. The summed E-state index contributed by atoms with van der Waals surface area (Å²) in [5, 5.41) is 4.90. The van der Waals surface area contributed by atoms with Gasteiger partial charge in [-0.15, -0.1) is 0 Å². The third-order valence-electron chi connectivity index (χ3n) is 4.34. The van der Waals surface area contributed by atoms with E-state index in [0.29, 0.717) is 12.1 Å². The van der Waals surface area contributed by atoms with E-state index < -0.39 is 0 Å². The van der Waals surface area contributed by atoms with Crippen molar-refractivity contribution in [2.45, 2.75) is 26.7 Å². The first-order valence-electron chi connectivity index (χ1n) is 8.62. The predicted octanol–water partition coefficient (Wildman–Crippen LogP) is 2.77. The number of para-hydroxylation sites is 1. The Bertz CT molecular complexity index is 801. The van der Waals surface area contributed by atoms with Crippen molar-refractivity contribution in [3.63, 3.8) is 0 Å². The van der Waals surface area contributed by atoms with Crippen LogP contribution in [0.5, 0.6) is 0 Å². The van der Waals surface area contributed by atoms with Gasteiger partial charge in [-0.05, 0) is 54.8 Å². The maximum absolute atomic E-state index is 12.3. The Morgan fingerprint density at radius 2 is 1.76 bits per heavy atom. The lowest BCUT2D eigenvalue weighted by molar-refractivity contribution is -0.118. The highest BCUT2D eigenvalue weighted by Gasteiger charge is 2.22. The van der Waals surface area contributed by atoms with E-state index >= 15 is 0 Å². The highest BCUT2D eigenvalue weighted by Crippen LogP contribution is 2.35. The third-order valence-corrected chi connectivity index (χ3v) is 4.34. The number of carbonyl (C=O) groups is 2. The first kappa shape index (κ1) is 17.2. The number of ketones is 1. The molecule has 0 saturated carbocycles. The van der Waals surface area contributed by atoms with Gasteiger partial charge in [0.05, 0.1) is 17.9 Å². The molecule has 2 aromatic carbocycles. The molecule has 0 unspecified atom stereocenters. The molecule has 0 saturated heterocycles. The molecule has 2 N–H and O–H groups in total. The molecule has 0 aromatic heterocycles. The summed E-state index contributed by atoms with van der Waals surface area (Å²) in [4.78, 5) is 24.0. The van der Waals surface area contributed by atoms with Crippen molar-refractivity contribution in [2.24, 2.45) is 0 Å². The minimum atomic E-state index is -0.130. The van der Waals surface area contributed by atoms with Crippen molar-refractivity contribution in [3.05, 3.63) is 59.2 Å². The monoisotopic (exact) mass is 337 g/mol. The third kappa shape index (κ3) is 3.72. The summed E-state index contributed by atoms with van der Waals surface area (Å²) in [6.45, 7) is 4.58. The van der Waals surface area contributed by atoms with Gasteiger partial charge in [-0.2, -0.15) is 0 Å². The van der Waals surface area contributed by atoms with Crippen LogP contribution in [0.1, 0.15) is 35.3 Å². The molecule has 0 fully saturated rings. The van der Waals surface area contributed by atoms with Gasteiger partial charge in [0, 0.05) is 12.5 Å². The van der Waals surface area contributed by atoms with E-state index in [1.807, 2.05) is 48.3 Å². The highest BCUT2D eigenvalue weighted by atomic mass is 16.2. The first-order valence-corrected chi connectivity index (χ1v) is 8.62. The number of anilines is 2. The standard InChI is InChI=1S/C20H23N3O2/c1-3-21-13-20(25)17-10-11-19-16(12-17)9-8-15-6-4-5-7-18(15)23(19)22-14(2)24/h4-7,10-12,21H,3,8-9,13H2,1-2H3,(H,22,24). The van der Waals surface area contributed by atoms with Gasteiger partial charge < -0.3 is 5.32 Å². The molecule has 2 aromatic rings. The summed E-state index contributed by atoms with van der Waals surface area (Å²) in [6, 6.07) is 13.8. The van der Waals surface area contributed by atoms with Crippen LogP contribution >= 0.6 is 0 Å². The maximum Gasteiger partial charge on any atom is 0.235 e. The number of nitrogens with one attached hydrogen (secondary N) is 2. The number of likely N-dealkylation sites (N-methyl/N-ethyl adjacent to an activating group) is 1. The summed E-state index contributed by atoms with van der Waals surface area (Å²) in [5.74, 6) is -0.0487. The van der Waals surface area contributed by atoms with Gasteiger partial charge in [0.15, 0.2) is 5.78 Å². The number of benzene rings is 2. The Kier molecular flexibility index (Phi) is 5.14. The van der Waals surface area contributed by atoms with E-state index in [1.165, 1.54) is 12.5 Å². The topological polar surface area (TPSA) is 61.4 Å². The molecule has 0 spiro atoms. The lowest BCUT2D eigenvalue weighted by Gasteiger charge is -2.26. The Labute approximate surface area is 148 Å². The van der Waals surface area contributed by atoms with E-state index in [2.05, 4.69) is 16.8 Å². The van der Waals surface area contributed by atoms with Crippen LogP contribution in [0.4, 0.5) is 11.4 Å². The molecule has 0 aliphatic carbocycles. The lowest BCUT2D eigenvalue weighted by Crippen LogP contribution is -2.38. The fourth-order valence-corrected chi connectivity index (χ4v) is 3.14. The van der Waals surface area contributed by atoms with Crippen LogP contribution in [-0.2, 0) is 17.6 Å². The average molecular weight is 337 g/mol. The molecule has 1 amide bonds. The summed E-state index contributed by atoms with van der Waals surface area (Å²) in [5.41, 5.74) is 7.74. The quantitative estimate of drug-likeness (QED) is 0.824. The number of nitrogens with zero attached hydrogens (tertiary/aromatic N) is 1. The fourth-order valence-electron chi connectivity index (χ4n) is 3.14. The number of Topliss-reactive ketones (excluding diaryl/α,β-unsaturated/α-hetero) is 1. The van der Waals surface area contributed by atoms with Gasteiger partial charge >= 0.3 is 0 Å². The Morgan fingerprint density at radius 1 is 1.04 bits per heavy atom. The number of hydrazine groups is 1. The summed E-state index contributed by atoms with van der Waals surface area (Å²) in [7, 11) is 0. The largest absolute Gasteiger partial charge is 0.310 e. The van der Waals surface area contributed by atoms with Crippen LogP contribution in [0.25, 0.3) is 0 Å². The fraction of sp³-hybridized carbons (Fsp3) is 0.300. The Hall–Kier alpha value is -2.66. The zero-order valence-electron chi connectivity index (χ0n) is 14.6. The second kappa shape index (κ2) is 7.49. The average Bonchev–Trinajstić information content (AvgIpc) is 2.76. The second-order valence-corrected chi connectivity index (χ2v) is 6.18. The molecular weight excluding hydrogens is 314 g/mol. The van der Waals surface area contributed by atoms with Gasteiger partial charge in [0.1, 0.15) is 0 Å². The molecule has 0 atom stereocenters. The van der Waals surface area contributed by atoms with Gasteiger partial charge in [-0.1, -0.05) is 25.1 Å². The summed E-state index contributed by atoms with van der Waals surface area (Å²) in [6.07, 6.45) is 1.69.